The average molecular weight is 352 g/mol. The first-order valence-electron chi connectivity index (χ1n) is 7.62. The average Bonchev–Trinajstić information content (AvgIpc) is 2.63. The quantitative estimate of drug-likeness (QED) is 0.911. The summed E-state index contributed by atoms with van der Waals surface area (Å²) in [6, 6.07) is 3.71. The normalized spacial score (nSPS) is 14.6. The Kier molecular flexibility index (Phi) is 5.13. The molecule has 2 heterocycles. The predicted molar refractivity (Wildman–Crippen MR) is 82.8 cm³/mol. The Bertz CT molecular complexity index is 750. The molecule has 1 aliphatic heterocycles. The Morgan fingerprint density at radius 2 is 1.88 bits per heavy atom. The highest BCUT2D eigenvalue weighted by Crippen LogP contribution is 2.31. The molecule has 25 heavy (non-hydrogen) atoms. The number of benzene rings is 1. The molecule has 1 amide bonds. The highest BCUT2D eigenvalue weighted by molar-refractivity contribution is 5.93. The SMILES string of the molecule is O=C(c1cnc(-c2cccc(F)c2OC(F)F)nc1)N1CCNCC1. The van der Waals surface area contributed by atoms with Gasteiger partial charge in [-0.25, -0.2) is 14.4 Å². The minimum absolute atomic E-state index is 0.00740. The number of aromatic nitrogens is 2. The first-order chi connectivity index (χ1) is 12.1. The number of hydrogen-bond acceptors (Lipinski definition) is 5. The lowest BCUT2D eigenvalue weighted by atomic mass is 10.1. The number of amides is 1. The van der Waals surface area contributed by atoms with Crippen molar-refractivity contribution in [3.63, 3.8) is 0 Å². The van der Waals surface area contributed by atoms with Crippen molar-refractivity contribution in [2.24, 2.45) is 0 Å². The number of nitrogens with zero attached hydrogens (tertiary/aromatic N) is 3. The zero-order valence-corrected chi connectivity index (χ0v) is 13.1. The van der Waals surface area contributed by atoms with E-state index in [1.807, 2.05) is 0 Å². The van der Waals surface area contributed by atoms with Crippen LogP contribution in [0.15, 0.2) is 30.6 Å². The van der Waals surface area contributed by atoms with Gasteiger partial charge in [0.25, 0.3) is 5.91 Å². The van der Waals surface area contributed by atoms with E-state index in [4.69, 9.17) is 0 Å². The van der Waals surface area contributed by atoms with Gasteiger partial charge in [0.15, 0.2) is 17.4 Å². The maximum Gasteiger partial charge on any atom is 0.387 e. The largest absolute Gasteiger partial charge is 0.431 e. The fourth-order valence-corrected chi connectivity index (χ4v) is 2.52. The number of ether oxygens (including phenoxy) is 1. The summed E-state index contributed by atoms with van der Waals surface area (Å²) in [5.41, 5.74) is 0.264. The van der Waals surface area contributed by atoms with E-state index in [-0.39, 0.29) is 22.9 Å². The van der Waals surface area contributed by atoms with Gasteiger partial charge in [-0.2, -0.15) is 8.78 Å². The Labute approximate surface area is 141 Å². The van der Waals surface area contributed by atoms with E-state index in [9.17, 15) is 18.0 Å². The maximum atomic E-state index is 13.8. The summed E-state index contributed by atoms with van der Waals surface area (Å²) in [5, 5.41) is 3.14. The van der Waals surface area contributed by atoms with Crippen LogP contribution in [0.2, 0.25) is 0 Å². The third-order valence-electron chi connectivity index (χ3n) is 3.72. The van der Waals surface area contributed by atoms with Crippen LogP contribution >= 0.6 is 0 Å². The van der Waals surface area contributed by atoms with Gasteiger partial charge in [0.1, 0.15) is 0 Å². The van der Waals surface area contributed by atoms with Crippen LogP contribution in [-0.2, 0) is 0 Å². The van der Waals surface area contributed by atoms with Gasteiger partial charge in [-0.3, -0.25) is 4.79 Å². The van der Waals surface area contributed by atoms with Crippen molar-refractivity contribution in [1.29, 1.82) is 0 Å². The first-order valence-corrected chi connectivity index (χ1v) is 7.62. The van der Waals surface area contributed by atoms with Crippen LogP contribution < -0.4 is 10.1 Å². The monoisotopic (exact) mass is 352 g/mol. The van der Waals surface area contributed by atoms with Gasteiger partial charge in [0.05, 0.1) is 11.1 Å². The van der Waals surface area contributed by atoms with Crippen LogP contribution in [0.1, 0.15) is 10.4 Å². The third-order valence-corrected chi connectivity index (χ3v) is 3.72. The summed E-state index contributed by atoms with van der Waals surface area (Å²) in [6.07, 6.45) is 2.59. The lowest BCUT2D eigenvalue weighted by molar-refractivity contribution is -0.0518. The molecule has 0 aliphatic carbocycles. The lowest BCUT2D eigenvalue weighted by Gasteiger charge is -2.27. The van der Waals surface area contributed by atoms with Gasteiger partial charge in [-0.15, -0.1) is 0 Å². The number of piperazine rings is 1. The van der Waals surface area contributed by atoms with Crippen molar-refractivity contribution >= 4 is 5.91 Å². The molecule has 132 valence electrons. The summed E-state index contributed by atoms with van der Waals surface area (Å²) in [4.78, 5) is 22.0. The highest BCUT2D eigenvalue weighted by Gasteiger charge is 2.21. The Morgan fingerprint density at radius 3 is 2.52 bits per heavy atom. The Morgan fingerprint density at radius 1 is 1.20 bits per heavy atom. The van der Waals surface area contributed by atoms with Crippen LogP contribution in [0.25, 0.3) is 11.4 Å². The fraction of sp³-hybridized carbons (Fsp3) is 0.312. The molecule has 0 saturated carbocycles. The van der Waals surface area contributed by atoms with Crippen LogP contribution in [0.3, 0.4) is 0 Å². The van der Waals surface area contributed by atoms with E-state index >= 15 is 0 Å². The maximum absolute atomic E-state index is 13.8. The predicted octanol–water partition coefficient (Wildman–Crippen LogP) is 1.93. The molecule has 1 aromatic heterocycles. The number of carbonyl (C=O) groups is 1. The highest BCUT2D eigenvalue weighted by atomic mass is 19.3. The van der Waals surface area contributed by atoms with Gasteiger partial charge in [0, 0.05) is 38.6 Å². The molecule has 0 spiro atoms. The van der Waals surface area contributed by atoms with Gasteiger partial charge >= 0.3 is 6.61 Å². The molecule has 3 rings (SSSR count). The molecule has 1 fully saturated rings. The van der Waals surface area contributed by atoms with E-state index in [2.05, 4.69) is 20.0 Å². The van der Waals surface area contributed by atoms with Crippen LogP contribution in [0.4, 0.5) is 13.2 Å². The van der Waals surface area contributed by atoms with Crippen molar-refractivity contribution in [2.75, 3.05) is 26.2 Å². The van der Waals surface area contributed by atoms with E-state index in [0.29, 0.717) is 26.2 Å². The minimum Gasteiger partial charge on any atom is -0.431 e. The van der Waals surface area contributed by atoms with Crippen molar-refractivity contribution in [1.82, 2.24) is 20.2 Å². The van der Waals surface area contributed by atoms with Gasteiger partial charge in [-0.05, 0) is 12.1 Å². The van der Waals surface area contributed by atoms with Crippen LogP contribution in [0.5, 0.6) is 5.75 Å². The number of nitrogens with one attached hydrogen (secondary N) is 1. The second kappa shape index (κ2) is 7.47. The van der Waals surface area contributed by atoms with Gasteiger partial charge < -0.3 is 15.0 Å². The second-order valence-corrected chi connectivity index (χ2v) is 5.33. The molecular formula is C16H15F3N4O2. The topological polar surface area (TPSA) is 67.3 Å². The standard InChI is InChI=1S/C16H15F3N4O2/c17-12-3-1-2-11(13(12)25-16(18)19)14-21-8-10(9-22-14)15(24)23-6-4-20-5-7-23/h1-3,8-9,16,20H,4-7H2. The van der Waals surface area contributed by atoms with Crippen LogP contribution in [0, 0.1) is 5.82 Å². The van der Waals surface area contributed by atoms with Crippen molar-refractivity contribution in [3.8, 4) is 17.1 Å². The number of alkyl halides is 2. The molecule has 6 nitrogen and oxygen atoms in total. The summed E-state index contributed by atoms with van der Waals surface area (Å²) in [5.74, 6) is -1.79. The number of carbonyl (C=O) groups excluding carboxylic acids is 1. The number of para-hydroxylation sites is 1. The molecule has 0 bridgehead atoms. The van der Waals surface area contributed by atoms with Crippen molar-refractivity contribution < 1.29 is 22.7 Å². The van der Waals surface area contributed by atoms with Crippen LogP contribution in [-0.4, -0.2) is 53.6 Å². The minimum atomic E-state index is -3.18. The Balaban J connectivity index is 1.85. The molecule has 1 aromatic carbocycles. The molecule has 1 aliphatic rings. The van der Waals surface area contributed by atoms with E-state index < -0.39 is 18.2 Å². The van der Waals surface area contributed by atoms with Gasteiger partial charge in [0.2, 0.25) is 0 Å². The summed E-state index contributed by atoms with van der Waals surface area (Å²) in [6.45, 7) is -0.595. The molecular weight excluding hydrogens is 337 g/mol. The number of hydrogen-bond donors (Lipinski definition) is 1. The number of halogens is 3. The van der Waals surface area contributed by atoms with E-state index in [0.717, 1.165) is 6.07 Å². The molecule has 2 aromatic rings. The van der Waals surface area contributed by atoms with E-state index in [1.165, 1.54) is 24.5 Å². The smallest absolute Gasteiger partial charge is 0.387 e. The summed E-state index contributed by atoms with van der Waals surface area (Å²) in [7, 11) is 0. The molecule has 0 radical (unpaired) electrons. The van der Waals surface area contributed by atoms with Crippen molar-refractivity contribution in [3.05, 3.63) is 42.0 Å². The lowest BCUT2D eigenvalue weighted by Crippen LogP contribution is -2.46. The molecule has 9 heteroatoms. The first kappa shape index (κ1) is 17.2. The number of rotatable bonds is 4. The molecule has 0 atom stereocenters. The third kappa shape index (κ3) is 3.87. The van der Waals surface area contributed by atoms with E-state index in [1.54, 1.807) is 4.90 Å². The zero-order valence-electron chi connectivity index (χ0n) is 13.1. The summed E-state index contributed by atoms with van der Waals surface area (Å²) < 4.78 is 43.0. The zero-order chi connectivity index (χ0) is 17.8. The van der Waals surface area contributed by atoms with Gasteiger partial charge in [-0.1, -0.05) is 6.07 Å². The second-order valence-electron chi connectivity index (χ2n) is 5.33. The Hall–Kier alpha value is -2.68. The molecule has 1 N–H and O–H groups in total. The van der Waals surface area contributed by atoms with Crippen molar-refractivity contribution in [2.45, 2.75) is 6.61 Å². The fourth-order valence-electron chi connectivity index (χ4n) is 2.52. The molecule has 0 unspecified atom stereocenters. The summed E-state index contributed by atoms with van der Waals surface area (Å²) >= 11 is 0. The molecule has 1 saturated heterocycles.